The number of nitrogens with one attached hydrogen (secondary N) is 1. The van der Waals surface area contributed by atoms with Crippen molar-refractivity contribution in [3.05, 3.63) is 47.8 Å². The number of rotatable bonds is 4. The van der Waals surface area contributed by atoms with Gasteiger partial charge in [-0.1, -0.05) is 12.1 Å². The molecule has 1 aromatic carbocycles. The highest BCUT2D eigenvalue weighted by Gasteiger charge is 2.23. The molecule has 128 valence electrons. The van der Waals surface area contributed by atoms with Gasteiger partial charge in [-0.2, -0.15) is 0 Å². The molecule has 3 rings (SSSR count). The average Bonchev–Trinajstić information content (AvgIpc) is 2.99. The maximum atomic E-state index is 13.6. The molecule has 2 aromatic rings. The van der Waals surface area contributed by atoms with E-state index < -0.39 is 11.6 Å². The van der Waals surface area contributed by atoms with Crippen LogP contribution in [-0.4, -0.2) is 34.6 Å². The Labute approximate surface area is 139 Å². The van der Waals surface area contributed by atoms with Crippen molar-refractivity contribution in [1.29, 1.82) is 0 Å². The van der Waals surface area contributed by atoms with Crippen LogP contribution < -0.4 is 10.2 Å². The lowest BCUT2D eigenvalue weighted by Crippen LogP contribution is -2.45. The first kappa shape index (κ1) is 16.4. The van der Waals surface area contributed by atoms with Crippen LogP contribution in [0.5, 0.6) is 0 Å². The average molecular weight is 334 g/mol. The van der Waals surface area contributed by atoms with Crippen molar-refractivity contribution < 1.29 is 13.6 Å². The summed E-state index contributed by atoms with van der Waals surface area (Å²) in [5.74, 6) is -1.24. The number of halogens is 2. The molecule has 0 atom stereocenters. The quantitative estimate of drug-likeness (QED) is 0.931. The Hall–Kier alpha value is -2.44. The van der Waals surface area contributed by atoms with E-state index in [1.54, 1.807) is 6.20 Å². The number of nitrogens with zero attached hydrogens (tertiary/aromatic N) is 3. The lowest BCUT2D eigenvalue weighted by Gasteiger charge is -2.33. The van der Waals surface area contributed by atoms with Gasteiger partial charge < -0.3 is 14.8 Å². The third kappa shape index (κ3) is 3.55. The predicted molar refractivity (Wildman–Crippen MR) is 86.6 cm³/mol. The van der Waals surface area contributed by atoms with Crippen LogP contribution in [0.25, 0.3) is 0 Å². The number of hydrogen-bond acceptors (Lipinski definition) is 3. The molecule has 0 aliphatic carbocycles. The molecule has 0 bridgehead atoms. The van der Waals surface area contributed by atoms with Crippen LogP contribution in [0, 0.1) is 11.6 Å². The van der Waals surface area contributed by atoms with Crippen LogP contribution in [0.2, 0.25) is 0 Å². The Morgan fingerprint density at radius 1 is 1.33 bits per heavy atom. The number of carbonyl (C=O) groups is 1. The molecule has 24 heavy (non-hydrogen) atoms. The fourth-order valence-corrected chi connectivity index (χ4v) is 3.02. The minimum Gasteiger partial charge on any atom is -0.353 e. The summed E-state index contributed by atoms with van der Waals surface area (Å²) >= 11 is 0. The Balaban J connectivity index is 1.52. The smallest absolute Gasteiger partial charge is 0.224 e. The molecule has 1 amide bonds. The monoisotopic (exact) mass is 334 g/mol. The zero-order chi connectivity index (χ0) is 17.1. The van der Waals surface area contributed by atoms with Crippen LogP contribution in [0.4, 0.5) is 14.7 Å². The summed E-state index contributed by atoms with van der Waals surface area (Å²) in [6.07, 6.45) is 5.10. The number of imidazole rings is 1. The largest absolute Gasteiger partial charge is 0.353 e. The van der Waals surface area contributed by atoms with Gasteiger partial charge in [-0.25, -0.2) is 13.8 Å². The summed E-state index contributed by atoms with van der Waals surface area (Å²) in [5, 5.41) is 2.91. The molecule has 2 heterocycles. The van der Waals surface area contributed by atoms with Crippen LogP contribution in [0.3, 0.4) is 0 Å². The van der Waals surface area contributed by atoms with E-state index in [0.717, 1.165) is 37.9 Å². The lowest BCUT2D eigenvalue weighted by atomic mass is 10.0. The Kier molecular flexibility index (Phi) is 4.78. The van der Waals surface area contributed by atoms with Gasteiger partial charge in [-0.3, -0.25) is 4.79 Å². The summed E-state index contributed by atoms with van der Waals surface area (Å²) < 4.78 is 28.8. The molecule has 1 saturated heterocycles. The molecule has 0 spiro atoms. The molecular weight excluding hydrogens is 314 g/mol. The van der Waals surface area contributed by atoms with Gasteiger partial charge in [-0.05, 0) is 18.9 Å². The van der Waals surface area contributed by atoms with Crippen LogP contribution in [0.15, 0.2) is 30.6 Å². The van der Waals surface area contributed by atoms with Crippen molar-refractivity contribution >= 4 is 11.9 Å². The van der Waals surface area contributed by atoms with Crippen LogP contribution in [0.1, 0.15) is 18.4 Å². The molecule has 7 heteroatoms. The van der Waals surface area contributed by atoms with Gasteiger partial charge in [0.1, 0.15) is 0 Å². The number of aryl methyl sites for hydroxylation is 1. The number of hydrogen-bond donors (Lipinski definition) is 1. The number of benzene rings is 1. The normalized spacial score (nSPS) is 15.5. The highest BCUT2D eigenvalue weighted by molar-refractivity contribution is 5.79. The third-order valence-corrected chi connectivity index (χ3v) is 4.32. The first-order valence-electron chi connectivity index (χ1n) is 7.99. The minimum atomic E-state index is -0.947. The molecule has 1 N–H and O–H groups in total. The summed E-state index contributed by atoms with van der Waals surface area (Å²) in [4.78, 5) is 18.6. The van der Waals surface area contributed by atoms with Crippen molar-refractivity contribution in [2.45, 2.75) is 25.3 Å². The zero-order valence-corrected chi connectivity index (χ0v) is 13.5. The van der Waals surface area contributed by atoms with Crippen molar-refractivity contribution in [2.75, 3.05) is 18.0 Å². The van der Waals surface area contributed by atoms with E-state index in [0.29, 0.717) is 0 Å². The summed E-state index contributed by atoms with van der Waals surface area (Å²) in [6, 6.07) is 3.93. The van der Waals surface area contributed by atoms with E-state index in [9.17, 15) is 13.6 Å². The van der Waals surface area contributed by atoms with E-state index >= 15 is 0 Å². The second-order valence-corrected chi connectivity index (χ2v) is 6.06. The Morgan fingerprint density at radius 3 is 2.75 bits per heavy atom. The molecule has 5 nitrogen and oxygen atoms in total. The van der Waals surface area contributed by atoms with Crippen molar-refractivity contribution in [3.8, 4) is 0 Å². The number of piperidine rings is 1. The van der Waals surface area contributed by atoms with E-state index in [1.807, 2.05) is 17.8 Å². The molecule has 1 aliphatic heterocycles. The number of aromatic nitrogens is 2. The van der Waals surface area contributed by atoms with Crippen molar-refractivity contribution in [1.82, 2.24) is 14.9 Å². The maximum absolute atomic E-state index is 13.6. The highest BCUT2D eigenvalue weighted by atomic mass is 19.2. The van der Waals surface area contributed by atoms with Crippen molar-refractivity contribution in [2.24, 2.45) is 7.05 Å². The molecule has 0 unspecified atom stereocenters. The van der Waals surface area contributed by atoms with Gasteiger partial charge >= 0.3 is 0 Å². The van der Waals surface area contributed by atoms with E-state index in [2.05, 4.69) is 15.2 Å². The summed E-state index contributed by atoms with van der Waals surface area (Å²) in [5.41, 5.74) is 0.0814. The van der Waals surface area contributed by atoms with Crippen LogP contribution in [-0.2, 0) is 18.3 Å². The number of amides is 1. The SMILES string of the molecule is Cn1ccnc1N1CCC(NC(=O)Cc2cccc(F)c2F)CC1. The predicted octanol–water partition coefficient (Wildman–Crippen LogP) is 2.03. The second-order valence-electron chi connectivity index (χ2n) is 6.06. The Bertz CT molecular complexity index is 723. The van der Waals surface area contributed by atoms with E-state index in [1.165, 1.54) is 12.1 Å². The molecule has 0 saturated carbocycles. The molecule has 1 aliphatic rings. The van der Waals surface area contributed by atoms with E-state index in [4.69, 9.17) is 0 Å². The van der Waals surface area contributed by atoms with Gasteiger partial charge in [-0.15, -0.1) is 0 Å². The van der Waals surface area contributed by atoms with Gasteiger partial charge in [0.25, 0.3) is 0 Å². The molecule has 0 radical (unpaired) electrons. The molecule has 1 aromatic heterocycles. The minimum absolute atomic E-state index is 0.0469. The van der Waals surface area contributed by atoms with Gasteiger partial charge in [0.15, 0.2) is 11.6 Å². The number of carbonyl (C=O) groups excluding carboxylic acids is 1. The van der Waals surface area contributed by atoms with Gasteiger partial charge in [0, 0.05) is 44.1 Å². The fourth-order valence-electron chi connectivity index (χ4n) is 3.02. The summed E-state index contributed by atoms with van der Waals surface area (Å²) in [6.45, 7) is 1.59. The first-order chi connectivity index (χ1) is 11.5. The van der Waals surface area contributed by atoms with Crippen LogP contribution >= 0.6 is 0 Å². The topological polar surface area (TPSA) is 50.2 Å². The highest BCUT2D eigenvalue weighted by Crippen LogP contribution is 2.18. The van der Waals surface area contributed by atoms with Gasteiger partial charge in [0.05, 0.1) is 6.42 Å². The number of anilines is 1. The maximum Gasteiger partial charge on any atom is 0.224 e. The zero-order valence-electron chi connectivity index (χ0n) is 13.5. The van der Waals surface area contributed by atoms with Crippen molar-refractivity contribution in [3.63, 3.8) is 0 Å². The molecule has 1 fully saturated rings. The fraction of sp³-hybridized carbons (Fsp3) is 0.412. The third-order valence-electron chi connectivity index (χ3n) is 4.32. The molecular formula is C17H20F2N4O. The lowest BCUT2D eigenvalue weighted by molar-refractivity contribution is -0.121. The summed E-state index contributed by atoms with van der Waals surface area (Å²) in [7, 11) is 1.95. The first-order valence-corrected chi connectivity index (χ1v) is 7.99. The van der Waals surface area contributed by atoms with E-state index in [-0.39, 0.29) is 23.9 Å². The standard InChI is InChI=1S/C17H20F2N4O/c1-22-10-7-20-17(22)23-8-5-13(6-9-23)21-15(24)11-12-3-2-4-14(18)16(12)19/h2-4,7,10,13H,5-6,8-9,11H2,1H3,(H,21,24). The Morgan fingerprint density at radius 2 is 2.08 bits per heavy atom. The van der Waals surface area contributed by atoms with Gasteiger partial charge in [0.2, 0.25) is 11.9 Å². The second kappa shape index (κ2) is 6.98.